The number of alkyl halides is 5. The molecule has 21 heavy (non-hydrogen) atoms. The van der Waals surface area contributed by atoms with Crippen molar-refractivity contribution in [2.75, 3.05) is 12.4 Å². The predicted molar refractivity (Wildman–Crippen MR) is 73.2 cm³/mol. The Hall–Kier alpha value is -1.11. The number of carbonyl (C=O) groups is 1. The van der Waals surface area contributed by atoms with Gasteiger partial charge >= 0.3 is 5.92 Å². The Balaban J connectivity index is 2.32. The SMILES string of the molecule is O=C(SCCCC(F)C(F)(F)C(F)CF)c1ccccc1. The lowest BCUT2D eigenvalue weighted by atomic mass is 10.1. The van der Waals surface area contributed by atoms with E-state index in [4.69, 9.17) is 0 Å². The van der Waals surface area contributed by atoms with Crippen molar-refractivity contribution in [1.29, 1.82) is 0 Å². The van der Waals surface area contributed by atoms with Crippen molar-refractivity contribution in [3.63, 3.8) is 0 Å². The number of halogens is 5. The quantitative estimate of drug-likeness (QED) is 0.512. The summed E-state index contributed by atoms with van der Waals surface area (Å²) in [5.41, 5.74) is 0.464. The third-order valence-electron chi connectivity index (χ3n) is 2.82. The number of carbonyl (C=O) groups excluding carboxylic acids is 1. The van der Waals surface area contributed by atoms with Crippen molar-refractivity contribution in [1.82, 2.24) is 0 Å². The maximum Gasteiger partial charge on any atom is 0.311 e. The summed E-state index contributed by atoms with van der Waals surface area (Å²) < 4.78 is 63.7. The molecule has 0 heterocycles. The van der Waals surface area contributed by atoms with E-state index >= 15 is 0 Å². The zero-order valence-corrected chi connectivity index (χ0v) is 11.9. The molecule has 0 fully saturated rings. The summed E-state index contributed by atoms with van der Waals surface area (Å²) in [6.07, 6.45) is -6.54. The van der Waals surface area contributed by atoms with E-state index in [1.54, 1.807) is 30.3 Å². The van der Waals surface area contributed by atoms with Gasteiger partial charge < -0.3 is 0 Å². The highest BCUT2D eigenvalue weighted by Crippen LogP contribution is 2.31. The van der Waals surface area contributed by atoms with Crippen LogP contribution in [0.2, 0.25) is 0 Å². The zero-order chi connectivity index (χ0) is 15.9. The standard InChI is InChI=1S/C14H15F5OS/c15-9-12(17)14(18,19)11(16)7-4-8-21-13(20)10-5-2-1-3-6-10/h1-3,5-6,11-12H,4,7-9H2. The van der Waals surface area contributed by atoms with Gasteiger partial charge in [0.1, 0.15) is 6.67 Å². The van der Waals surface area contributed by atoms with Gasteiger partial charge in [-0.25, -0.2) is 22.0 Å². The highest BCUT2D eigenvalue weighted by atomic mass is 32.2. The average molecular weight is 326 g/mol. The second-order valence-corrected chi connectivity index (χ2v) is 5.48. The minimum Gasteiger partial charge on any atom is -0.282 e. The molecule has 0 saturated carbocycles. The predicted octanol–water partition coefficient (Wildman–Crippen LogP) is 4.62. The lowest BCUT2D eigenvalue weighted by molar-refractivity contribution is -0.133. The lowest BCUT2D eigenvalue weighted by Gasteiger charge is -2.22. The Bertz CT molecular complexity index is 440. The van der Waals surface area contributed by atoms with E-state index in [2.05, 4.69) is 0 Å². The average Bonchev–Trinajstić information content (AvgIpc) is 2.50. The van der Waals surface area contributed by atoms with Crippen molar-refractivity contribution in [2.45, 2.75) is 31.1 Å². The fraction of sp³-hybridized carbons (Fsp3) is 0.500. The van der Waals surface area contributed by atoms with E-state index in [1.807, 2.05) is 0 Å². The van der Waals surface area contributed by atoms with Crippen LogP contribution >= 0.6 is 11.8 Å². The fourth-order valence-electron chi connectivity index (χ4n) is 1.58. The maximum absolute atomic E-state index is 13.2. The van der Waals surface area contributed by atoms with E-state index < -0.39 is 31.4 Å². The highest BCUT2D eigenvalue weighted by Gasteiger charge is 2.48. The lowest BCUT2D eigenvalue weighted by Crippen LogP contribution is -2.41. The van der Waals surface area contributed by atoms with Gasteiger partial charge in [0.15, 0.2) is 12.3 Å². The molecule has 0 radical (unpaired) electrons. The molecule has 0 aromatic heterocycles. The molecule has 118 valence electrons. The summed E-state index contributed by atoms with van der Waals surface area (Å²) in [4.78, 5) is 11.7. The van der Waals surface area contributed by atoms with Gasteiger partial charge in [-0.15, -0.1) is 0 Å². The van der Waals surface area contributed by atoms with Gasteiger partial charge in [0.2, 0.25) is 5.12 Å². The molecule has 0 amide bonds. The zero-order valence-electron chi connectivity index (χ0n) is 11.1. The molecular formula is C14H15F5OS. The second-order valence-electron chi connectivity index (χ2n) is 4.41. The van der Waals surface area contributed by atoms with Crippen LogP contribution in [0, 0.1) is 0 Å². The summed E-state index contributed by atoms with van der Waals surface area (Å²) in [5.74, 6) is -4.19. The summed E-state index contributed by atoms with van der Waals surface area (Å²) in [6, 6.07) is 8.33. The van der Waals surface area contributed by atoms with E-state index in [9.17, 15) is 26.7 Å². The first-order valence-electron chi connectivity index (χ1n) is 6.33. The van der Waals surface area contributed by atoms with Crippen LogP contribution in [0.3, 0.4) is 0 Å². The van der Waals surface area contributed by atoms with E-state index in [1.165, 1.54) is 0 Å². The minimum atomic E-state index is -4.33. The maximum atomic E-state index is 13.2. The van der Waals surface area contributed by atoms with Gasteiger partial charge in [-0.1, -0.05) is 42.1 Å². The molecule has 0 aliphatic heterocycles. The van der Waals surface area contributed by atoms with Gasteiger partial charge in [0.05, 0.1) is 0 Å². The van der Waals surface area contributed by atoms with Gasteiger partial charge in [0, 0.05) is 11.3 Å². The molecule has 7 heteroatoms. The second kappa shape index (κ2) is 8.36. The molecule has 0 saturated heterocycles. The van der Waals surface area contributed by atoms with Gasteiger partial charge in [-0.2, -0.15) is 0 Å². The number of thioether (sulfide) groups is 1. The first kappa shape index (κ1) is 17.9. The van der Waals surface area contributed by atoms with E-state index in [0.29, 0.717) is 5.56 Å². The third kappa shape index (κ3) is 5.30. The molecule has 1 rings (SSSR count). The van der Waals surface area contributed by atoms with Crippen LogP contribution in [-0.4, -0.2) is 35.8 Å². The normalized spacial score (nSPS) is 14.7. The van der Waals surface area contributed by atoms with Gasteiger partial charge in [0.25, 0.3) is 0 Å². The number of rotatable bonds is 8. The monoisotopic (exact) mass is 326 g/mol. The van der Waals surface area contributed by atoms with Crippen LogP contribution in [0.1, 0.15) is 23.2 Å². The number of hydrogen-bond donors (Lipinski definition) is 0. The highest BCUT2D eigenvalue weighted by molar-refractivity contribution is 8.14. The van der Waals surface area contributed by atoms with E-state index in [-0.39, 0.29) is 17.3 Å². The molecular weight excluding hydrogens is 311 g/mol. The van der Waals surface area contributed by atoms with Crippen LogP contribution in [-0.2, 0) is 0 Å². The minimum absolute atomic E-state index is 0.0288. The first-order chi connectivity index (χ1) is 9.89. The summed E-state index contributed by atoms with van der Waals surface area (Å²) in [5, 5.41) is -0.245. The molecule has 0 aliphatic rings. The summed E-state index contributed by atoms with van der Waals surface area (Å²) in [6.45, 7) is -1.92. The van der Waals surface area contributed by atoms with Crippen LogP contribution in [0.4, 0.5) is 22.0 Å². The molecule has 0 aliphatic carbocycles. The molecule has 2 atom stereocenters. The summed E-state index contributed by atoms with van der Waals surface area (Å²) >= 11 is 0.878. The largest absolute Gasteiger partial charge is 0.311 e. The van der Waals surface area contributed by atoms with E-state index in [0.717, 1.165) is 11.8 Å². The molecule has 0 bridgehead atoms. The van der Waals surface area contributed by atoms with Crippen molar-refractivity contribution in [3.8, 4) is 0 Å². The summed E-state index contributed by atoms with van der Waals surface area (Å²) in [7, 11) is 0. The molecule has 1 aromatic carbocycles. The third-order valence-corrected chi connectivity index (χ3v) is 3.81. The Kier molecular flexibility index (Phi) is 7.14. The molecule has 2 unspecified atom stereocenters. The van der Waals surface area contributed by atoms with Crippen molar-refractivity contribution in [2.24, 2.45) is 0 Å². The van der Waals surface area contributed by atoms with Gasteiger partial charge in [-0.05, 0) is 12.8 Å². The van der Waals surface area contributed by atoms with Crippen LogP contribution in [0.25, 0.3) is 0 Å². The van der Waals surface area contributed by atoms with Crippen LogP contribution in [0.5, 0.6) is 0 Å². The molecule has 0 N–H and O–H groups in total. The van der Waals surface area contributed by atoms with Crippen molar-refractivity contribution in [3.05, 3.63) is 35.9 Å². The smallest absolute Gasteiger partial charge is 0.282 e. The molecule has 0 spiro atoms. The molecule has 1 aromatic rings. The van der Waals surface area contributed by atoms with Crippen LogP contribution < -0.4 is 0 Å². The number of hydrogen-bond acceptors (Lipinski definition) is 2. The Morgan fingerprint density at radius 3 is 2.33 bits per heavy atom. The molecule has 1 nitrogen and oxygen atoms in total. The Labute approximate surface area is 123 Å². The Morgan fingerprint density at radius 1 is 1.14 bits per heavy atom. The topological polar surface area (TPSA) is 17.1 Å². The number of benzene rings is 1. The fourth-order valence-corrected chi connectivity index (χ4v) is 2.38. The van der Waals surface area contributed by atoms with Gasteiger partial charge in [-0.3, -0.25) is 4.79 Å². The van der Waals surface area contributed by atoms with Crippen LogP contribution in [0.15, 0.2) is 30.3 Å². The van der Waals surface area contributed by atoms with Crippen molar-refractivity contribution < 1.29 is 26.7 Å². The van der Waals surface area contributed by atoms with Crippen molar-refractivity contribution >= 4 is 16.9 Å². The Morgan fingerprint density at radius 2 is 1.76 bits per heavy atom. The first-order valence-corrected chi connectivity index (χ1v) is 7.32.